The minimum Gasteiger partial charge on any atom is -0.465 e. The largest absolute Gasteiger partial charge is 0.465 e. The standard InChI is InChI=1S/C15H21NO2S/c1-10(9-13(17)15-5-4-8-19-15)16-12(3)14-7-6-11(2)18-14/h4-8,10,12-13,16-17H,9H2,1-3H3/t10-,12+,13-/m1/s1. The quantitative estimate of drug-likeness (QED) is 0.845. The van der Waals surface area contributed by atoms with E-state index in [2.05, 4.69) is 19.2 Å². The molecule has 3 nitrogen and oxygen atoms in total. The first-order chi connectivity index (χ1) is 9.06. The Labute approximate surface area is 118 Å². The molecule has 2 rings (SSSR count). The van der Waals surface area contributed by atoms with Crippen molar-refractivity contribution in [3.05, 3.63) is 46.0 Å². The van der Waals surface area contributed by atoms with Gasteiger partial charge in [0, 0.05) is 10.9 Å². The van der Waals surface area contributed by atoms with Gasteiger partial charge in [-0.15, -0.1) is 11.3 Å². The number of aliphatic hydroxyl groups excluding tert-OH is 1. The van der Waals surface area contributed by atoms with Crippen LogP contribution in [0.1, 0.15) is 48.8 Å². The van der Waals surface area contributed by atoms with E-state index in [9.17, 15) is 5.11 Å². The first-order valence-corrected chi connectivity index (χ1v) is 7.48. The zero-order valence-corrected chi connectivity index (χ0v) is 12.4. The molecule has 0 unspecified atom stereocenters. The van der Waals surface area contributed by atoms with Crippen LogP contribution in [0.25, 0.3) is 0 Å². The molecule has 0 aliphatic rings. The van der Waals surface area contributed by atoms with Crippen LogP contribution in [0.4, 0.5) is 0 Å². The fourth-order valence-electron chi connectivity index (χ4n) is 2.20. The van der Waals surface area contributed by atoms with Crippen LogP contribution in [0, 0.1) is 6.92 Å². The number of nitrogens with one attached hydrogen (secondary N) is 1. The second-order valence-corrected chi connectivity index (χ2v) is 5.98. The molecule has 104 valence electrons. The monoisotopic (exact) mass is 279 g/mol. The van der Waals surface area contributed by atoms with E-state index in [-0.39, 0.29) is 12.1 Å². The predicted molar refractivity (Wildman–Crippen MR) is 78.4 cm³/mol. The molecule has 0 radical (unpaired) electrons. The molecule has 19 heavy (non-hydrogen) atoms. The normalized spacial score (nSPS) is 16.2. The number of hydrogen-bond donors (Lipinski definition) is 2. The third kappa shape index (κ3) is 3.93. The van der Waals surface area contributed by atoms with Crippen molar-refractivity contribution in [1.29, 1.82) is 0 Å². The number of furan rings is 1. The van der Waals surface area contributed by atoms with Gasteiger partial charge in [0.1, 0.15) is 11.5 Å². The zero-order valence-electron chi connectivity index (χ0n) is 11.6. The van der Waals surface area contributed by atoms with Crippen molar-refractivity contribution in [1.82, 2.24) is 5.32 Å². The summed E-state index contributed by atoms with van der Waals surface area (Å²) in [6, 6.07) is 8.28. The Bertz CT molecular complexity index is 492. The minimum absolute atomic E-state index is 0.152. The van der Waals surface area contributed by atoms with Crippen molar-refractivity contribution in [2.24, 2.45) is 0 Å². The van der Waals surface area contributed by atoms with E-state index >= 15 is 0 Å². The summed E-state index contributed by atoms with van der Waals surface area (Å²) in [7, 11) is 0. The highest BCUT2D eigenvalue weighted by atomic mass is 32.1. The maximum Gasteiger partial charge on any atom is 0.120 e. The molecule has 0 bridgehead atoms. The Morgan fingerprint density at radius 1 is 1.32 bits per heavy atom. The van der Waals surface area contributed by atoms with Gasteiger partial charge < -0.3 is 14.8 Å². The summed E-state index contributed by atoms with van der Waals surface area (Å²) in [5.74, 6) is 1.87. The highest BCUT2D eigenvalue weighted by Gasteiger charge is 2.17. The molecule has 3 atom stereocenters. The number of aliphatic hydroxyl groups is 1. The van der Waals surface area contributed by atoms with Crippen molar-refractivity contribution in [2.45, 2.75) is 45.4 Å². The van der Waals surface area contributed by atoms with E-state index in [4.69, 9.17) is 4.42 Å². The Balaban J connectivity index is 1.85. The summed E-state index contributed by atoms with van der Waals surface area (Å²) in [5.41, 5.74) is 0. The van der Waals surface area contributed by atoms with Crippen LogP contribution < -0.4 is 5.32 Å². The van der Waals surface area contributed by atoms with Crippen LogP contribution in [0.2, 0.25) is 0 Å². The van der Waals surface area contributed by atoms with E-state index in [0.29, 0.717) is 6.42 Å². The fraction of sp³-hybridized carbons (Fsp3) is 0.467. The molecule has 0 saturated carbocycles. The van der Waals surface area contributed by atoms with Crippen LogP contribution in [0.15, 0.2) is 34.1 Å². The minimum atomic E-state index is -0.395. The molecule has 2 N–H and O–H groups in total. The lowest BCUT2D eigenvalue weighted by Gasteiger charge is -2.20. The molecule has 2 heterocycles. The van der Waals surface area contributed by atoms with Gasteiger partial charge in [0.15, 0.2) is 0 Å². The van der Waals surface area contributed by atoms with Crippen LogP contribution in [0.3, 0.4) is 0 Å². The van der Waals surface area contributed by atoms with E-state index in [1.165, 1.54) is 0 Å². The highest BCUT2D eigenvalue weighted by molar-refractivity contribution is 7.10. The highest BCUT2D eigenvalue weighted by Crippen LogP contribution is 2.24. The predicted octanol–water partition coefficient (Wildman–Crippen LogP) is 3.81. The molecule has 0 amide bonds. The average Bonchev–Trinajstić information content (AvgIpc) is 2.98. The number of rotatable bonds is 6. The maximum absolute atomic E-state index is 10.1. The second-order valence-electron chi connectivity index (χ2n) is 5.00. The lowest BCUT2D eigenvalue weighted by molar-refractivity contribution is 0.154. The smallest absolute Gasteiger partial charge is 0.120 e. The Morgan fingerprint density at radius 3 is 2.68 bits per heavy atom. The first-order valence-electron chi connectivity index (χ1n) is 6.60. The molecular formula is C15H21NO2S. The average molecular weight is 279 g/mol. The first kappa shape index (κ1) is 14.3. The van der Waals surface area contributed by atoms with Crippen LogP contribution in [-0.2, 0) is 0 Å². The summed E-state index contributed by atoms with van der Waals surface area (Å²) >= 11 is 1.60. The SMILES string of the molecule is Cc1ccc([C@H](C)N[C@H](C)C[C@@H](O)c2cccs2)o1. The molecule has 0 spiro atoms. The van der Waals surface area contributed by atoms with E-state index in [1.54, 1.807) is 11.3 Å². The van der Waals surface area contributed by atoms with Gasteiger partial charge in [-0.05, 0) is 50.8 Å². The topological polar surface area (TPSA) is 45.4 Å². The Hall–Kier alpha value is -1.10. The summed E-state index contributed by atoms with van der Waals surface area (Å²) < 4.78 is 5.60. The molecule has 0 aliphatic heterocycles. The molecule has 0 fully saturated rings. The number of thiophene rings is 1. The van der Waals surface area contributed by atoms with Crippen molar-refractivity contribution in [2.75, 3.05) is 0 Å². The molecule has 2 aromatic heterocycles. The van der Waals surface area contributed by atoms with Gasteiger partial charge in [0.05, 0.1) is 12.1 Å². The maximum atomic E-state index is 10.1. The number of aryl methyl sites for hydroxylation is 1. The van der Waals surface area contributed by atoms with Crippen LogP contribution in [-0.4, -0.2) is 11.1 Å². The van der Waals surface area contributed by atoms with E-state index in [1.807, 2.05) is 36.6 Å². The Kier molecular flexibility index (Phi) is 4.80. The van der Waals surface area contributed by atoms with Crippen molar-refractivity contribution >= 4 is 11.3 Å². The summed E-state index contributed by atoms with van der Waals surface area (Å²) in [6.45, 7) is 6.11. The Morgan fingerprint density at radius 2 is 2.11 bits per heavy atom. The molecule has 4 heteroatoms. The van der Waals surface area contributed by atoms with Crippen molar-refractivity contribution < 1.29 is 9.52 Å². The van der Waals surface area contributed by atoms with Crippen molar-refractivity contribution in [3.8, 4) is 0 Å². The van der Waals surface area contributed by atoms with E-state index in [0.717, 1.165) is 16.4 Å². The zero-order chi connectivity index (χ0) is 13.8. The van der Waals surface area contributed by atoms with Gasteiger partial charge >= 0.3 is 0 Å². The van der Waals surface area contributed by atoms with Crippen molar-refractivity contribution in [3.63, 3.8) is 0 Å². The fourth-order valence-corrected chi connectivity index (χ4v) is 2.92. The molecular weight excluding hydrogens is 258 g/mol. The summed E-state index contributed by atoms with van der Waals surface area (Å²) in [6.07, 6.45) is 0.304. The van der Waals surface area contributed by atoms with Gasteiger partial charge in [-0.1, -0.05) is 6.07 Å². The molecule has 0 aliphatic carbocycles. The summed E-state index contributed by atoms with van der Waals surface area (Å²) in [4.78, 5) is 1.02. The second kappa shape index (κ2) is 6.37. The third-order valence-corrected chi connectivity index (χ3v) is 4.14. The van der Waals surface area contributed by atoms with E-state index < -0.39 is 6.10 Å². The van der Waals surface area contributed by atoms with Gasteiger partial charge in [0.25, 0.3) is 0 Å². The molecule has 0 saturated heterocycles. The molecule has 2 aromatic rings. The number of hydrogen-bond acceptors (Lipinski definition) is 4. The third-order valence-electron chi connectivity index (χ3n) is 3.17. The van der Waals surface area contributed by atoms with Gasteiger partial charge in [-0.2, -0.15) is 0 Å². The van der Waals surface area contributed by atoms with Gasteiger partial charge in [0.2, 0.25) is 0 Å². The van der Waals surface area contributed by atoms with Crippen LogP contribution in [0.5, 0.6) is 0 Å². The lowest BCUT2D eigenvalue weighted by Crippen LogP contribution is -2.30. The molecule has 0 aromatic carbocycles. The summed E-state index contributed by atoms with van der Waals surface area (Å²) in [5, 5.41) is 15.6. The van der Waals surface area contributed by atoms with Gasteiger partial charge in [-0.25, -0.2) is 0 Å². The van der Waals surface area contributed by atoms with Gasteiger partial charge in [-0.3, -0.25) is 0 Å². The lowest BCUT2D eigenvalue weighted by atomic mass is 10.1. The van der Waals surface area contributed by atoms with Crippen LogP contribution >= 0.6 is 11.3 Å².